The minimum Gasteiger partial charge on any atom is -0.489 e. The van der Waals surface area contributed by atoms with Gasteiger partial charge in [0, 0.05) is 5.39 Å². The van der Waals surface area contributed by atoms with Gasteiger partial charge in [-0.05, 0) is 40.8 Å². The number of nitrogens with zero attached hydrogens (tertiary/aromatic N) is 2. The van der Waals surface area contributed by atoms with Crippen molar-refractivity contribution in [1.29, 1.82) is 0 Å². The molecule has 0 saturated heterocycles. The van der Waals surface area contributed by atoms with E-state index in [9.17, 15) is 4.79 Å². The Kier molecular flexibility index (Phi) is 5.80. The normalized spacial score (nSPS) is 12.0. The predicted octanol–water partition coefficient (Wildman–Crippen LogP) is 5.24. The molecule has 1 atom stereocenters. The summed E-state index contributed by atoms with van der Waals surface area (Å²) >= 11 is 0. The lowest BCUT2D eigenvalue weighted by Gasteiger charge is -2.11. The third-order valence-corrected chi connectivity index (χ3v) is 5.22. The molecule has 1 unspecified atom stereocenters. The fraction of sp³-hybridized carbons (Fsp3) is 0.200. The van der Waals surface area contributed by atoms with E-state index in [1.807, 2.05) is 60.3 Å². The van der Waals surface area contributed by atoms with Gasteiger partial charge in [0.1, 0.15) is 12.4 Å². The Morgan fingerprint density at radius 2 is 1.80 bits per heavy atom. The molecule has 4 rings (SSSR count). The van der Waals surface area contributed by atoms with Gasteiger partial charge in [0.05, 0.1) is 24.7 Å². The number of fused-ring (bicyclic) bond motifs is 1. The Labute approximate surface area is 175 Å². The van der Waals surface area contributed by atoms with Gasteiger partial charge in [-0.25, -0.2) is 0 Å². The first kappa shape index (κ1) is 19.7. The van der Waals surface area contributed by atoms with E-state index in [0.717, 1.165) is 34.3 Å². The first-order valence-corrected chi connectivity index (χ1v) is 10.0. The third-order valence-electron chi connectivity index (χ3n) is 5.22. The van der Waals surface area contributed by atoms with Gasteiger partial charge in [-0.15, -0.1) is 0 Å². The van der Waals surface area contributed by atoms with E-state index in [1.54, 1.807) is 0 Å². The molecule has 30 heavy (non-hydrogen) atoms. The van der Waals surface area contributed by atoms with E-state index >= 15 is 0 Å². The summed E-state index contributed by atoms with van der Waals surface area (Å²) in [4.78, 5) is 10.9. The van der Waals surface area contributed by atoms with Crippen LogP contribution in [-0.2, 0) is 17.9 Å². The van der Waals surface area contributed by atoms with Crippen molar-refractivity contribution in [2.75, 3.05) is 0 Å². The summed E-state index contributed by atoms with van der Waals surface area (Å²) in [7, 11) is 0. The van der Waals surface area contributed by atoms with Gasteiger partial charge in [-0.3, -0.25) is 9.48 Å². The summed E-state index contributed by atoms with van der Waals surface area (Å²) in [6.45, 7) is 3.10. The summed E-state index contributed by atoms with van der Waals surface area (Å²) in [6.07, 6.45) is 2.01. The quantitative estimate of drug-likeness (QED) is 0.439. The molecule has 0 fully saturated rings. The summed E-state index contributed by atoms with van der Waals surface area (Å²) in [5.41, 5.74) is 4.36. The summed E-state index contributed by atoms with van der Waals surface area (Å²) in [5, 5.41) is 14.6. The Morgan fingerprint density at radius 1 is 1.03 bits per heavy atom. The fourth-order valence-electron chi connectivity index (χ4n) is 3.53. The van der Waals surface area contributed by atoms with E-state index < -0.39 is 5.97 Å². The van der Waals surface area contributed by atoms with Crippen LogP contribution in [0.25, 0.3) is 10.9 Å². The summed E-state index contributed by atoms with van der Waals surface area (Å²) < 4.78 is 7.95. The van der Waals surface area contributed by atoms with Gasteiger partial charge in [0.25, 0.3) is 0 Å². The highest BCUT2D eigenvalue weighted by molar-refractivity contribution is 5.79. The largest absolute Gasteiger partial charge is 0.489 e. The minimum absolute atomic E-state index is 0.0242. The molecule has 0 aliphatic rings. The molecular weight excluding hydrogens is 376 g/mol. The van der Waals surface area contributed by atoms with Crippen LogP contribution in [0.15, 0.2) is 79.0 Å². The molecule has 0 saturated carbocycles. The lowest BCUT2D eigenvalue weighted by Crippen LogP contribution is -2.03. The van der Waals surface area contributed by atoms with Crippen molar-refractivity contribution in [3.05, 3.63) is 95.7 Å². The molecule has 0 aliphatic heterocycles. The van der Waals surface area contributed by atoms with Gasteiger partial charge >= 0.3 is 5.97 Å². The molecule has 0 aliphatic carbocycles. The zero-order chi connectivity index (χ0) is 20.9. The van der Waals surface area contributed by atoms with Crippen molar-refractivity contribution < 1.29 is 14.6 Å². The van der Waals surface area contributed by atoms with Crippen molar-refractivity contribution >= 4 is 16.9 Å². The van der Waals surface area contributed by atoms with Gasteiger partial charge in [-0.1, -0.05) is 61.5 Å². The highest BCUT2D eigenvalue weighted by atomic mass is 16.5. The molecule has 0 spiro atoms. The van der Waals surface area contributed by atoms with Crippen LogP contribution in [0, 0.1) is 0 Å². The first-order chi connectivity index (χ1) is 14.6. The highest BCUT2D eigenvalue weighted by Crippen LogP contribution is 2.23. The second-order valence-corrected chi connectivity index (χ2v) is 7.54. The van der Waals surface area contributed by atoms with Crippen LogP contribution in [0.5, 0.6) is 5.75 Å². The molecule has 5 heteroatoms. The van der Waals surface area contributed by atoms with Crippen LogP contribution in [0.1, 0.15) is 36.0 Å². The van der Waals surface area contributed by atoms with Gasteiger partial charge in [0.2, 0.25) is 0 Å². The van der Waals surface area contributed by atoms with E-state index in [1.165, 1.54) is 5.56 Å². The van der Waals surface area contributed by atoms with Gasteiger partial charge < -0.3 is 9.84 Å². The second-order valence-electron chi connectivity index (χ2n) is 7.54. The number of carbonyl (C=O) groups is 1. The van der Waals surface area contributed by atoms with Crippen LogP contribution in [-0.4, -0.2) is 20.9 Å². The number of rotatable bonds is 8. The maximum absolute atomic E-state index is 10.9. The number of hydrogen-bond donors (Lipinski definition) is 1. The van der Waals surface area contributed by atoms with Gasteiger partial charge in [-0.2, -0.15) is 5.10 Å². The van der Waals surface area contributed by atoms with Gasteiger partial charge in [0.15, 0.2) is 0 Å². The Hall–Kier alpha value is -3.60. The number of ether oxygens (including phenoxy) is 1. The van der Waals surface area contributed by atoms with Crippen LogP contribution in [0.2, 0.25) is 0 Å². The van der Waals surface area contributed by atoms with E-state index in [2.05, 4.69) is 35.4 Å². The molecule has 3 aromatic carbocycles. The summed E-state index contributed by atoms with van der Waals surface area (Å²) in [6, 6.07) is 24.2. The molecule has 0 amide bonds. The molecule has 152 valence electrons. The molecule has 5 nitrogen and oxygen atoms in total. The minimum atomic E-state index is -0.787. The molecule has 1 heterocycles. The number of aromatic nitrogens is 2. The maximum Gasteiger partial charge on any atom is 0.303 e. The molecule has 1 N–H and O–H groups in total. The van der Waals surface area contributed by atoms with Crippen molar-refractivity contribution in [1.82, 2.24) is 9.78 Å². The monoisotopic (exact) mass is 400 g/mol. The second kappa shape index (κ2) is 8.82. The molecular formula is C25H24N2O3. The lowest BCUT2D eigenvalue weighted by molar-refractivity contribution is -0.137. The zero-order valence-corrected chi connectivity index (χ0v) is 16.9. The standard InChI is InChI=1S/C25H24N2O3/c1-18(13-25(28)29)21-9-11-23(12-10-21)30-17-20-7-8-22-15-26-27(24(22)14-20)16-19-5-3-2-4-6-19/h2-12,14-15,18H,13,16-17H2,1H3,(H,28,29). The average Bonchev–Trinajstić information content (AvgIpc) is 3.15. The predicted molar refractivity (Wildman–Crippen MR) is 117 cm³/mol. The maximum atomic E-state index is 10.9. The molecule has 4 aromatic rings. The van der Waals surface area contributed by atoms with Crippen molar-refractivity contribution in [2.24, 2.45) is 0 Å². The van der Waals surface area contributed by atoms with Crippen LogP contribution in [0.4, 0.5) is 0 Å². The first-order valence-electron chi connectivity index (χ1n) is 10.0. The molecule has 0 bridgehead atoms. The average molecular weight is 400 g/mol. The number of hydrogen-bond acceptors (Lipinski definition) is 3. The zero-order valence-electron chi connectivity index (χ0n) is 16.9. The fourth-order valence-corrected chi connectivity index (χ4v) is 3.53. The number of benzene rings is 3. The smallest absolute Gasteiger partial charge is 0.303 e. The number of carboxylic acids is 1. The Bertz CT molecular complexity index is 1130. The van der Waals surface area contributed by atoms with Crippen molar-refractivity contribution in [3.8, 4) is 5.75 Å². The Balaban J connectivity index is 1.44. The third kappa shape index (κ3) is 4.69. The van der Waals surface area contributed by atoms with E-state index in [-0.39, 0.29) is 12.3 Å². The van der Waals surface area contributed by atoms with E-state index in [0.29, 0.717) is 6.61 Å². The summed E-state index contributed by atoms with van der Waals surface area (Å²) in [5.74, 6) is -0.0484. The Morgan fingerprint density at radius 3 is 2.53 bits per heavy atom. The van der Waals surface area contributed by atoms with Crippen LogP contribution >= 0.6 is 0 Å². The number of aliphatic carboxylic acids is 1. The van der Waals surface area contributed by atoms with Crippen LogP contribution in [0.3, 0.4) is 0 Å². The SMILES string of the molecule is CC(CC(=O)O)c1ccc(OCc2ccc3cnn(Cc4ccccc4)c3c2)cc1. The molecule has 1 aromatic heterocycles. The topological polar surface area (TPSA) is 64.3 Å². The van der Waals surface area contributed by atoms with Crippen LogP contribution < -0.4 is 4.74 Å². The highest BCUT2D eigenvalue weighted by Gasteiger charge is 2.10. The lowest BCUT2D eigenvalue weighted by atomic mass is 9.98. The van der Waals surface area contributed by atoms with Crippen molar-refractivity contribution in [3.63, 3.8) is 0 Å². The number of carboxylic acid groups (broad SMARTS) is 1. The van der Waals surface area contributed by atoms with E-state index in [4.69, 9.17) is 9.84 Å². The molecule has 0 radical (unpaired) electrons. The van der Waals surface area contributed by atoms with Crippen molar-refractivity contribution in [2.45, 2.75) is 32.4 Å².